The van der Waals surface area contributed by atoms with E-state index in [1.54, 1.807) is 4.90 Å². The largest absolute Gasteiger partial charge is 0.490 e. The van der Waals surface area contributed by atoms with Gasteiger partial charge in [0.25, 0.3) is 5.89 Å². The Morgan fingerprint density at radius 1 is 0.974 bits per heavy atom. The predicted molar refractivity (Wildman–Crippen MR) is 149 cm³/mol. The Labute approximate surface area is 229 Å². The van der Waals surface area contributed by atoms with Gasteiger partial charge in [-0.3, -0.25) is 4.79 Å². The minimum atomic E-state index is -0.528. The van der Waals surface area contributed by atoms with Crippen LogP contribution in [-0.2, 0) is 4.74 Å². The van der Waals surface area contributed by atoms with Crippen LogP contribution in [0.15, 0.2) is 46.9 Å². The van der Waals surface area contributed by atoms with E-state index in [-0.39, 0.29) is 30.0 Å². The van der Waals surface area contributed by atoms with Crippen molar-refractivity contribution in [3.63, 3.8) is 0 Å². The maximum atomic E-state index is 12.8. The van der Waals surface area contributed by atoms with Gasteiger partial charge in [0.15, 0.2) is 5.58 Å². The van der Waals surface area contributed by atoms with Gasteiger partial charge in [-0.15, -0.1) is 0 Å². The van der Waals surface area contributed by atoms with Gasteiger partial charge in [-0.05, 0) is 64.8 Å². The van der Waals surface area contributed by atoms with E-state index >= 15 is 0 Å². The molecule has 3 heterocycles. The summed E-state index contributed by atoms with van der Waals surface area (Å²) in [6, 6.07) is 14.1. The standard InChI is InChI=1S/C30H38N4O5/c1-20-5-7-22(8-6-20)33-17-13-23(14-18-33)37-24-9-10-25-26(19-24)38-28(32-25)27(35)31-21-11-15-34(16-12-21)29(36)39-30(2,3)4/h5-10,19,21,23H,11-18H2,1-4H3,(H,31,35). The summed E-state index contributed by atoms with van der Waals surface area (Å²) in [5.41, 5.74) is 3.12. The first-order chi connectivity index (χ1) is 18.6. The van der Waals surface area contributed by atoms with Crippen molar-refractivity contribution >= 4 is 28.8 Å². The van der Waals surface area contributed by atoms with E-state index in [9.17, 15) is 9.59 Å². The number of oxazole rings is 1. The van der Waals surface area contributed by atoms with Crippen LogP contribution in [-0.4, -0.2) is 65.8 Å². The van der Waals surface area contributed by atoms with Gasteiger partial charge >= 0.3 is 12.0 Å². The monoisotopic (exact) mass is 534 g/mol. The molecule has 3 aromatic rings. The van der Waals surface area contributed by atoms with Crippen molar-refractivity contribution in [2.45, 2.75) is 71.1 Å². The fraction of sp³-hybridized carbons (Fsp3) is 0.500. The molecule has 0 spiro atoms. The molecule has 2 aromatic carbocycles. The lowest BCUT2D eigenvalue weighted by molar-refractivity contribution is 0.0199. The second kappa shape index (κ2) is 11.2. The first-order valence-corrected chi connectivity index (χ1v) is 13.8. The van der Waals surface area contributed by atoms with E-state index in [1.165, 1.54) is 11.3 Å². The minimum Gasteiger partial charge on any atom is -0.490 e. The molecule has 1 aromatic heterocycles. The Morgan fingerprint density at radius 3 is 2.33 bits per heavy atom. The average molecular weight is 535 g/mol. The second-order valence-electron chi connectivity index (χ2n) is 11.5. The minimum absolute atomic E-state index is 0.0307. The zero-order chi connectivity index (χ0) is 27.6. The van der Waals surface area contributed by atoms with Gasteiger partial charge in [-0.1, -0.05) is 17.7 Å². The number of hydrogen-bond donors (Lipinski definition) is 1. The zero-order valence-electron chi connectivity index (χ0n) is 23.2. The lowest BCUT2D eigenvalue weighted by Crippen LogP contribution is -2.47. The van der Waals surface area contributed by atoms with Gasteiger partial charge in [0.05, 0.1) is 0 Å². The van der Waals surface area contributed by atoms with Crippen LogP contribution in [0.4, 0.5) is 10.5 Å². The molecule has 0 atom stereocenters. The van der Waals surface area contributed by atoms with E-state index in [4.69, 9.17) is 13.9 Å². The van der Waals surface area contributed by atoms with Gasteiger partial charge in [0.1, 0.15) is 23.0 Å². The van der Waals surface area contributed by atoms with Crippen LogP contribution < -0.4 is 15.0 Å². The Morgan fingerprint density at radius 2 is 1.67 bits per heavy atom. The number of rotatable bonds is 5. The van der Waals surface area contributed by atoms with Crippen LogP contribution in [0.3, 0.4) is 0 Å². The van der Waals surface area contributed by atoms with Gasteiger partial charge in [0.2, 0.25) is 0 Å². The smallest absolute Gasteiger partial charge is 0.410 e. The van der Waals surface area contributed by atoms with Crippen molar-refractivity contribution in [2.24, 2.45) is 0 Å². The number of anilines is 1. The molecule has 2 fully saturated rings. The number of likely N-dealkylation sites (tertiary alicyclic amines) is 1. The third-order valence-corrected chi connectivity index (χ3v) is 7.18. The van der Waals surface area contributed by atoms with Crippen molar-refractivity contribution in [1.29, 1.82) is 0 Å². The van der Waals surface area contributed by atoms with E-state index in [2.05, 4.69) is 46.4 Å². The number of aryl methyl sites for hydroxylation is 1. The molecule has 2 saturated heterocycles. The number of carbonyl (C=O) groups excluding carboxylic acids is 2. The summed E-state index contributed by atoms with van der Waals surface area (Å²) in [5, 5.41) is 2.99. The third-order valence-electron chi connectivity index (χ3n) is 7.18. The molecule has 2 aliphatic heterocycles. The predicted octanol–water partition coefficient (Wildman–Crippen LogP) is 5.31. The molecule has 39 heavy (non-hydrogen) atoms. The number of nitrogens with zero attached hydrogens (tertiary/aromatic N) is 3. The Kier molecular flexibility index (Phi) is 7.68. The highest BCUT2D eigenvalue weighted by molar-refractivity contribution is 5.92. The molecule has 0 bridgehead atoms. The molecule has 9 nitrogen and oxygen atoms in total. The molecule has 0 radical (unpaired) electrons. The van der Waals surface area contributed by atoms with Crippen molar-refractivity contribution in [3.05, 3.63) is 53.9 Å². The Bertz CT molecular complexity index is 1300. The topological polar surface area (TPSA) is 97.1 Å². The van der Waals surface area contributed by atoms with Gasteiger partial charge in [0, 0.05) is 56.8 Å². The molecule has 1 N–H and O–H groups in total. The highest BCUT2D eigenvalue weighted by Crippen LogP contribution is 2.27. The summed E-state index contributed by atoms with van der Waals surface area (Å²) in [4.78, 5) is 33.6. The van der Waals surface area contributed by atoms with Crippen LogP contribution in [0.1, 0.15) is 62.7 Å². The average Bonchev–Trinajstić information content (AvgIpc) is 3.33. The van der Waals surface area contributed by atoms with E-state index in [0.717, 1.165) is 25.9 Å². The number of carbonyl (C=O) groups is 2. The number of aromatic nitrogens is 1. The van der Waals surface area contributed by atoms with Crippen molar-refractivity contribution in [1.82, 2.24) is 15.2 Å². The normalized spacial score (nSPS) is 17.3. The summed E-state index contributed by atoms with van der Waals surface area (Å²) < 4.78 is 17.5. The van der Waals surface area contributed by atoms with Crippen LogP contribution in [0.25, 0.3) is 11.1 Å². The van der Waals surface area contributed by atoms with Gasteiger partial charge in [-0.25, -0.2) is 9.78 Å². The van der Waals surface area contributed by atoms with Crippen LogP contribution in [0.5, 0.6) is 5.75 Å². The molecular weight excluding hydrogens is 496 g/mol. The molecule has 5 rings (SSSR count). The van der Waals surface area contributed by atoms with E-state index < -0.39 is 5.60 Å². The zero-order valence-corrected chi connectivity index (χ0v) is 23.2. The molecule has 0 aliphatic carbocycles. The molecule has 2 aliphatic rings. The first kappa shape index (κ1) is 26.8. The first-order valence-electron chi connectivity index (χ1n) is 13.8. The molecule has 0 saturated carbocycles. The summed E-state index contributed by atoms with van der Waals surface area (Å²) in [5.74, 6) is 0.393. The summed E-state index contributed by atoms with van der Waals surface area (Å²) in [6.45, 7) is 10.6. The van der Waals surface area contributed by atoms with Crippen LogP contribution in [0.2, 0.25) is 0 Å². The maximum absolute atomic E-state index is 12.8. The summed E-state index contributed by atoms with van der Waals surface area (Å²) in [6.07, 6.45) is 2.96. The number of benzene rings is 2. The van der Waals surface area contributed by atoms with Crippen molar-refractivity contribution < 1.29 is 23.5 Å². The van der Waals surface area contributed by atoms with Gasteiger partial charge in [-0.2, -0.15) is 0 Å². The van der Waals surface area contributed by atoms with Gasteiger partial charge < -0.3 is 29.0 Å². The summed E-state index contributed by atoms with van der Waals surface area (Å²) in [7, 11) is 0. The lowest BCUT2D eigenvalue weighted by atomic mass is 10.1. The SMILES string of the molecule is Cc1ccc(N2CCC(Oc3ccc4nc(C(=O)NC5CCN(C(=O)OC(C)(C)C)CC5)oc4c3)CC2)cc1. The van der Waals surface area contributed by atoms with E-state index in [1.807, 2.05) is 39.0 Å². The number of hydrogen-bond acceptors (Lipinski definition) is 7. The quantitative estimate of drug-likeness (QED) is 0.474. The molecule has 208 valence electrons. The fourth-order valence-electron chi connectivity index (χ4n) is 5.04. The lowest BCUT2D eigenvalue weighted by Gasteiger charge is -2.33. The van der Waals surface area contributed by atoms with Crippen LogP contribution >= 0.6 is 0 Å². The Balaban J connectivity index is 1.12. The maximum Gasteiger partial charge on any atom is 0.410 e. The Hall–Kier alpha value is -3.75. The highest BCUT2D eigenvalue weighted by Gasteiger charge is 2.28. The van der Waals surface area contributed by atoms with Crippen LogP contribution in [0, 0.1) is 6.92 Å². The highest BCUT2D eigenvalue weighted by atomic mass is 16.6. The molecule has 2 amide bonds. The van der Waals surface area contributed by atoms with Crippen molar-refractivity contribution in [2.75, 3.05) is 31.1 Å². The number of ether oxygens (including phenoxy) is 2. The number of piperidine rings is 2. The molecule has 0 unspecified atom stereocenters. The molecule has 9 heteroatoms. The van der Waals surface area contributed by atoms with Crippen molar-refractivity contribution in [3.8, 4) is 5.75 Å². The number of fused-ring (bicyclic) bond motifs is 1. The van der Waals surface area contributed by atoms with E-state index in [0.29, 0.717) is 42.8 Å². The second-order valence-corrected chi connectivity index (χ2v) is 11.5. The molecular formula is C30H38N4O5. The summed E-state index contributed by atoms with van der Waals surface area (Å²) >= 11 is 0. The third kappa shape index (κ3) is 6.82. The number of nitrogens with one attached hydrogen (secondary N) is 1. The fourth-order valence-corrected chi connectivity index (χ4v) is 5.04. The number of amides is 2.